The SMILES string of the molecule is O=C1O[C@H]2C[C@@H]1N(Cc1cc(O)cc(-c3nc(N4CCOCC4)c4sccc4n3)c1)C2. The number of carbonyl (C=O) groups is 1. The second-order valence-corrected chi connectivity index (χ2v) is 9.15. The van der Waals surface area contributed by atoms with Crippen LogP contribution in [0.25, 0.3) is 21.6 Å². The first-order valence-corrected chi connectivity index (χ1v) is 11.4. The second-order valence-electron chi connectivity index (χ2n) is 8.23. The maximum Gasteiger partial charge on any atom is 0.323 e. The van der Waals surface area contributed by atoms with Crippen LogP contribution >= 0.6 is 11.3 Å². The Bertz CT molecular complexity index is 1160. The first-order valence-electron chi connectivity index (χ1n) is 10.5. The average Bonchev–Trinajstić information content (AvgIpc) is 3.48. The Morgan fingerprint density at radius 1 is 1.19 bits per heavy atom. The van der Waals surface area contributed by atoms with Crippen molar-refractivity contribution in [1.82, 2.24) is 14.9 Å². The Labute approximate surface area is 183 Å². The molecular weight excluding hydrogens is 416 g/mol. The van der Waals surface area contributed by atoms with Gasteiger partial charge in [0.1, 0.15) is 17.9 Å². The van der Waals surface area contributed by atoms with E-state index in [1.54, 1.807) is 23.5 Å². The molecule has 0 aliphatic carbocycles. The molecule has 160 valence electrons. The number of benzene rings is 1. The number of rotatable bonds is 4. The summed E-state index contributed by atoms with van der Waals surface area (Å²) >= 11 is 1.64. The summed E-state index contributed by atoms with van der Waals surface area (Å²) in [7, 11) is 0. The van der Waals surface area contributed by atoms with Crippen LogP contribution in [0.15, 0.2) is 29.6 Å². The van der Waals surface area contributed by atoms with Crippen molar-refractivity contribution >= 4 is 33.3 Å². The Morgan fingerprint density at radius 2 is 2.06 bits per heavy atom. The van der Waals surface area contributed by atoms with Gasteiger partial charge in [0.25, 0.3) is 0 Å². The molecular formula is C22H22N4O4S. The minimum atomic E-state index is -0.179. The average molecular weight is 439 g/mol. The molecule has 0 saturated carbocycles. The van der Waals surface area contributed by atoms with E-state index in [1.807, 2.05) is 17.5 Å². The molecule has 3 saturated heterocycles. The number of hydrogen-bond donors (Lipinski definition) is 1. The van der Waals surface area contributed by atoms with Gasteiger partial charge in [-0.1, -0.05) is 0 Å². The number of morpholine rings is 2. The topological polar surface area (TPSA) is 88.0 Å². The molecule has 3 aliphatic heterocycles. The number of nitrogens with zero attached hydrogens (tertiary/aromatic N) is 4. The standard InChI is InChI=1S/C22H22N4O4S/c27-15-8-13(11-26-12-16-10-18(26)22(28)30-16)7-14(9-15)20-23-17-1-6-31-19(17)21(24-20)25-2-4-29-5-3-25/h1,6-9,16,18,27H,2-5,10-12H2/t16-,18-/m0/s1. The second kappa shape index (κ2) is 7.44. The maximum atomic E-state index is 11.9. The van der Waals surface area contributed by atoms with Crippen molar-refractivity contribution in [1.29, 1.82) is 0 Å². The smallest absolute Gasteiger partial charge is 0.323 e. The van der Waals surface area contributed by atoms with Crippen molar-refractivity contribution < 1.29 is 19.4 Å². The third kappa shape index (κ3) is 3.42. The van der Waals surface area contributed by atoms with Crippen LogP contribution in [0.2, 0.25) is 0 Å². The van der Waals surface area contributed by atoms with E-state index in [-0.39, 0.29) is 23.9 Å². The number of phenolic OH excluding ortho intramolecular Hbond substituents is 1. The molecule has 2 atom stereocenters. The highest BCUT2D eigenvalue weighted by Crippen LogP contribution is 2.34. The number of ether oxygens (including phenoxy) is 2. The molecule has 1 N–H and O–H groups in total. The molecule has 8 nitrogen and oxygen atoms in total. The molecule has 6 rings (SSSR count). The lowest BCUT2D eigenvalue weighted by molar-refractivity contribution is -0.151. The summed E-state index contributed by atoms with van der Waals surface area (Å²) in [5.74, 6) is 1.54. The van der Waals surface area contributed by atoms with E-state index in [2.05, 4.69) is 9.80 Å². The molecule has 3 aromatic rings. The van der Waals surface area contributed by atoms with Gasteiger partial charge in [0.2, 0.25) is 0 Å². The van der Waals surface area contributed by atoms with E-state index >= 15 is 0 Å². The summed E-state index contributed by atoms with van der Waals surface area (Å²) in [5, 5.41) is 12.4. The summed E-state index contributed by atoms with van der Waals surface area (Å²) in [6.07, 6.45) is 0.750. The van der Waals surface area contributed by atoms with Crippen LogP contribution in [0, 0.1) is 0 Å². The summed E-state index contributed by atoms with van der Waals surface area (Å²) in [5.41, 5.74) is 2.60. The number of aromatic hydroxyl groups is 1. The third-order valence-corrected chi connectivity index (χ3v) is 7.04. The summed E-state index contributed by atoms with van der Waals surface area (Å²) < 4.78 is 11.9. The molecule has 2 aromatic heterocycles. The molecule has 0 amide bonds. The van der Waals surface area contributed by atoms with Crippen molar-refractivity contribution in [3.63, 3.8) is 0 Å². The van der Waals surface area contributed by atoms with Gasteiger partial charge in [-0.25, -0.2) is 9.97 Å². The van der Waals surface area contributed by atoms with Crippen LogP contribution in [0.4, 0.5) is 5.82 Å². The van der Waals surface area contributed by atoms with Crippen LogP contribution in [0.3, 0.4) is 0 Å². The Morgan fingerprint density at radius 3 is 2.87 bits per heavy atom. The Balaban J connectivity index is 1.35. The summed E-state index contributed by atoms with van der Waals surface area (Å²) in [6, 6.07) is 7.28. The van der Waals surface area contributed by atoms with Gasteiger partial charge in [0.15, 0.2) is 11.6 Å². The molecule has 5 heterocycles. The van der Waals surface area contributed by atoms with Crippen LogP contribution in [-0.2, 0) is 20.8 Å². The normalized spacial score (nSPS) is 23.6. The van der Waals surface area contributed by atoms with E-state index in [1.165, 1.54) is 0 Å². The van der Waals surface area contributed by atoms with Gasteiger partial charge < -0.3 is 19.5 Å². The summed E-state index contributed by atoms with van der Waals surface area (Å²) in [4.78, 5) is 26.0. The molecule has 0 radical (unpaired) electrons. The lowest BCUT2D eigenvalue weighted by Crippen LogP contribution is -2.39. The predicted molar refractivity (Wildman–Crippen MR) is 116 cm³/mol. The quantitative estimate of drug-likeness (QED) is 0.622. The van der Waals surface area contributed by atoms with Gasteiger partial charge in [0, 0.05) is 38.2 Å². The summed E-state index contributed by atoms with van der Waals surface area (Å²) in [6.45, 7) is 4.27. The van der Waals surface area contributed by atoms with E-state index in [4.69, 9.17) is 19.4 Å². The van der Waals surface area contributed by atoms with Crippen LogP contribution in [0.1, 0.15) is 12.0 Å². The number of likely N-dealkylation sites (tertiary alicyclic amines) is 1. The highest BCUT2D eigenvalue weighted by atomic mass is 32.1. The minimum Gasteiger partial charge on any atom is -0.508 e. The molecule has 3 fully saturated rings. The van der Waals surface area contributed by atoms with Gasteiger partial charge >= 0.3 is 5.97 Å². The number of anilines is 1. The predicted octanol–water partition coefficient (Wildman–Crippen LogP) is 2.40. The molecule has 31 heavy (non-hydrogen) atoms. The number of hydrogen-bond acceptors (Lipinski definition) is 9. The zero-order valence-electron chi connectivity index (χ0n) is 16.9. The van der Waals surface area contributed by atoms with Gasteiger partial charge in [-0.3, -0.25) is 9.69 Å². The van der Waals surface area contributed by atoms with Gasteiger partial charge in [-0.05, 0) is 35.2 Å². The minimum absolute atomic E-state index is 0.00492. The lowest BCUT2D eigenvalue weighted by atomic mass is 10.1. The zero-order valence-corrected chi connectivity index (χ0v) is 17.7. The lowest BCUT2D eigenvalue weighted by Gasteiger charge is -2.28. The number of carbonyl (C=O) groups excluding carboxylic acids is 1. The number of aromatic nitrogens is 2. The van der Waals surface area contributed by atoms with Gasteiger partial charge in [0.05, 0.1) is 23.4 Å². The highest BCUT2D eigenvalue weighted by molar-refractivity contribution is 7.17. The largest absolute Gasteiger partial charge is 0.508 e. The van der Waals surface area contributed by atoms with E-state index in [9.17, 15) is 9.90 Å². The molecule has 0 spiro atoms. The number of phenols is 1. The van der Waals surface area contributed by atoms with E-state index in [0.29, 0.717) is 25.6 Å². The van der Waals surface area contributed by atoms with E-state index < -0.39 is 0 Å². The highest BCUT2D eigenvalue weighted by Gasteiger charge is 2.46. The monoisotopic (exact) mass is 438 g/mol. The fraction of sp³-hybridized carbons (Fsp3) is 0.409. The Hall–Kier alpha value is -2.75. The third-order valence-electron chi connectivity index (χ3n) is 6.14. The van der Waals surface area contributed by atoms with Crippen molar-refractivity contribution in [2.24, 2.45) is 0 Å². The molecule has 9 heteroatoms. The van der Waals surface area contributed by atoms with Crippen LogP contribution < -0.4 is 4.90 Å². The molecule has 2 bridgehead atoms. The fourth-order valence-electron chi connectivity index (χ4n) is 4.71. The number of thiophene rings is 1. The van der Waals surface area contributed by atoms with Crippen molar-refractivity contribution in [2.45, 2.75) is 25.1 Å². The van der Waals surface area contributed by atoms with Crippen molar-refractivity contribution in [3.8, 4) is 17.1 Å². The van der Waals surface area contributed by atoms with E-state index in [0.717, 1.165) is 53.2 Å². The first-order chi connectivity index (χ1) is 15.1. The van der Waals surface area contributed by atoms with Crippen LogP contribution in [0.5, 0.6) is 5.75 Å². The fourth-order valence-corrected chi connectivity index (χ4v) is 5.55. The maximum absolute atomic E-state index is 11.9. The molecule has 1 aromatic carbocycles. The van der Waals surface area contributed by atoms with Crippen molar-refractivity contribution in [3.05, 3.63) is 35.2 Å². The molecule has 0 unspecified atom stereocenters. The number of esters is 1. The zero-order chi connectivity index (χ0) is 20.9. The van der Waals surface area contributed by atoms with Crippen LogP contribution in [-0.4, -0.2) is 70.9 Å². The van der Waals surface area contributed by atoms with Gasteiger partial charge in [-0.15, -0.1) is 11.3 Å². The number of fused-ring (bicyclic) bond motifs is 3. The van der Waals surface area contributed by atoms with Crippen molar-refractivity contribution in [2.75, 3.05) is 37.7 Å². The Kier molecular flexibility index (Phi) is 4.55. The van der Waals surface area contributed by atoms with Gasteiger partial charge in [-0.2, -0.15) is 0 Å². The molecule has 3 aliphatic rings. The first kappa shape index (κ1) is 19.0.